The minimum Gasteiger partial charge on any atom is -0.380 e. The summed E-state index contributed by atoms with van der Waals surface area (Å²) < 4.78 is 5.16. The lowest BCUT2D eigenvalue weighted by atomic mass is 10.0. The summed E-state index contributed by atoms with van der Waals surface area (Å²) in [7, 11) is 0. The van der Waals surface area contributed by atoms with Crippen molar-refractivity contribution in [3.63, 3.8) is 0 Å². The number of ether oxygens (including phenoxy) is 1. The van der Waals surface area contributed by atoms with Crippen molar-refractivity contribution in [2.45, 2.75) is 39.2 Å². The Labute approximate surface area is 143 Å². The van der Waals surface area contributed by atoms with Gasteiger partial charge in [-0.2, -0.15) is 0 Å². The van der Waals surface area contributed by atoms with Crippen LogP contribution in [0.15, 0.2) is 24.3 Å². The Hall–Kier alpha value is -2.08. The van der Waals surface area contributed by atoms with Gasteiger partial charge in [0.25, 0.3) is 5.91 Å². The molecule has 132 valence electrons. The topological polar surface area (TPSA) is 70.7 Å². The van der Waals surface area contributed by atoms with Gasteiger partial charge in [-0.1, -0.05) is 0 Å². The Morgan fingerprint density at radius 1 is 1.25 bits per heavy atom. The highest BCUT2D eigenvalue weighted by Crippen LogP contribution is 2.20. The Kier molecular flexibility index (Phi) is 7.06. The lowest BCUT2D eigenvalue weighted by Crippen LogP contribution is -2.42. The maximum atomic E-state index is 12.6. The van der Waals surface area contributed by atoms with Crippen molar-refractivity contribution < 1.29 is 14.3 Å². The zero-order chi connectivity index (χ0) is 17.4. The summed E-state index contributed by atoms with van der Waals surface area (Å²) in [5.41, 5.74) is 1.32. The van der Waals surface area contributed by atoms with E-state index in [-0.39, 0.29) is 11.9 Å². The fourth-order valence-corrected chi connectivity index (χ4v) is 2.82. The average Bonchev–Trinajstić information content (AvgIpc) is 2.59. The first kappa shape index (κ1) is 18.3. The number of benzene rings is 1. The van der Waals surface area contributed by atoms with Gasteiger partial charge >= 0.3 is 6.03 Å². The molecule has 1 heterocycles. The number of amides is 3. The van der Waals surface area contributed by atoms with Crippen LogP contribution in [0.5, 0.6) is 0 Å². The van der Waals surface area contributed by atoms with E-state index in [0.29, 0.717) is 37.1 Å². The second-order valence-corrected chi connectivity index (χ2v) is 6.00. The van der Waals surface area contributed by atoms with Gasteiger partial charge in [0.15, 0.2) is 0 Å². The maximum absolute atomic E-state index is 12.6. The number of carbonyl (C=O) groups is 2. The monoisotopic (exact) mass is 333 g/mol. The van der Waals surface area contributed by atoms with E-state index in [2.05, 4.69) is 17.6 Å². The highest BCUT2D eigenvalue weighted by atomic mass is 16.5. The molecule has 1 aliphatic rings. The first-order valence-electron chi connectivity index (χ1n) is 8.65. The van der Waals surface area contributed by atoms with E-state index >= 15 is 0 Å². The Morgan fingerprint density at radius 3 is 2.67 bits per heavy atom. The summed E-state index contributed by atoms with van der Waals surface area (Å²) >= 11 is 0. The molecule has 0 saturated carbocycles. The van der Waals surface area contributed by atoms with Crippen molar-refractivity contribution in [1.82, 2.24) is 10.2 Å². The van der Waals surface area contributed by atoms with E-state index < -0.39 is 0 Å². The summed E-state index contributed by atoms with van der Waals surface area (Å²) in [6.45, 7) is 6.41. The molecule has 1 saturated heterocycles. The van der Waals surface area contributed by atoms with Gasteiger partial charge in [-0.25, -0.2) is 4.79 Å². The molecule has 0 aliphatic carbocycles. The summed E-state index contributed by atoms with van der Waals surface area (Å²) in [6.07, 6.45) is 3.32. The minimum absolute atomic E-state index is 0.0647. The highest BCUT2D eigenvalue weighted by Gasteiger charge is 2.23. The molecule has 1 unspecified atom stereocenters. The van der Waals surface area contributed by atoms with E-state index in [4.69, 9.17) is 4.74 Å². The Morgan fingerprint density at radius 2 is 2.00 bits per heavy atom. The third-order valence-electron chi connectivity index (χ3n) is 4.19. The molecule has 0 spiro atoms. The zero-order valence-corrected chi connectivity index (χ0v) is 14.5. The molecule has 1 fully saturated rings. The number of nitrogens with zero attached hydrogens (tertiary/aromatic N) is 1. The van der Waals surface area contributed by atoms with Crippen LogP contribution in [-0.4, -0.2) is 49.2 Å². The van der Waals surface area contributed by atoms with Gasteiger partial charge in [-0.15, -0.1) is 0 Å². The van der Waals surface area contributed by atoms with Gasteiger partial charge in [0, 0.05) is 37.0 Å². The third-order valence-corrected chi connectivity index (χ3v) is 4.19. The van der Waals surface area contributed by atoms with Gasteiger partial charge in [-0.05, 0) is 57.4 Å². The molecule has 2 rings (SSSR count). The molecule has 0 radical (unpaired) electrons. The van der Waals surface area contributed by atoms with Crippen LogP contribution in [0.25, 0.3) is 0 Å². The first-order valence-corrected chi connectivity index (χ1v) is 8.65. The summed E-state index contributed by atoms with van der Waals surface area (Å²) in [4.78, 5) is 26.2. The van der Waals surface area contributed by atoms with E-state index in [0.717, 1.165) is 19.4 Å². The van der Waals surface area contributed by atoms with Crippen molar-refractivity contribution in [3.8, 4) is 0 Å². The van der Waals surface area contributed by atoms with Crippen LogP contribution in [0.1, 0.15) is 43.5 Å². The molecule has 1 aromatic carbocycles. The normalized spacial score (nSPS) is 17.4. The first-order chi connectivity index (χ1) is 11.6. The lowest BCUT2D eigenvalue weighted by molar-refractivity contribution is 0.0635. The van der Waals surface area contributed by atoms with Crippen LogP contribution in [0.4, 0.5) is 10.5 Å². The van der Waals surface area contributed by atoms with E-state index in [9.17, 15) is 9.59 Å². The van der Waals surface area contributed by atoms with Crippen LogP contribution >= 0.6 is 0 Å². The highest BCUT2D eigenvalue weighted by molar-refractivity contribution is 5.95. The summed E-state index contributed by atoms with van der Waals surface area (Å²) in [6, 6.07) is 7.05. The van der Waals surface area contributed by atoms with Gasteiger partial charge in [0.1, 0.15) is 0 Å². The van der Waals surface area contributed by atoms with E-state index in [1.54, 1.807) is 24.3 Å². The van der Waals surface area contributed by atoms with Crippen LogP contribution < -0.4 is 10.6 Å². The lowest BCUT2D eigenvalue weighted by Gasteiger charge is -2.33. The molecular weight excluding hydrogens is 306 g/mol. The molecule has 6 heteroatoms. The fourth-order valence-electron chi connectivity index (χ4n) is 2.82. The number of carbonyl (C=O) groups excluding carboxylic acids is 2. The van der Waals surface area contributed by atoms with Crippen LogP contribution in [0.2, 0.25) is 0 Å². The van der Waals surface area contributed by atoms with Crippen molar-refractivity contribution >= 4 is 17.6 Å². The number of piperidine rings is 1. The van der Waals surface area contributed by atoms with Crippen molar-refractivity contribution in [1.29, 1.82) is 0 Å². The molecular formula is C18H27N3O3. The molecule has 6 nitrogen and oxygen atoms in total. The summed E-state index contributed by atoms with van der Waals surface area (Å²) in [5.74, 6) is 0.0647. The maximum Gasteiger partial charge on any atom is 0.319 e. The smallest absolute Gasteiger partial charge is 0.319 e. The van der Waals surface area contributed by atoms with Crippen molar-refractivity contribution in [2.24, 2.45) is 0 Å². The Bertz CT molecular complexity index is 545. The SMILES string of the molecule is CCOCCNC(=O)Nc1ccc(C(=O)N2CCCCC2C)cc1. The molecule has 24 heavy (non-hydrogen) atoms. The van der Waals surface area contributed by atoms with Gasteiger partial charge < -0.3 is 20.3 Å². The Balaban J connectivity index is 1.86. The number of likely N-dealkylation sites (tertiary alicyclic amines) is 1. The van der Waals surface area contributed by atoms with Crippen LogP contribution in [-0.2, 0) is 4.74 Å². The molecule has 0 bridgehead atoms. The molecule has 3 amide bonds. The van der Waals surface area contributed by atoms with Gasteiger partial charge in [0.05, 0.1) is 6.61 Å². The fraction of sp³-hybridized carbons (Fsp3) is 0.556. The third kappa shape index (κ3) is 5.23. The standard InChI is InChI=1S/C18H27N3O3/c1-3-24-13-11-19-18(23)20-16-9-7-15(8-10-16)17(22)21-12-5-4-6-14(21)2/h7-10,14H,3-6,11-13H2,1-2H3,(H2,19,20,23). The number of urea groups is 1. The quantitative estimate of drug-likeness (QED) is 0.787. The predicted molar refractivity (Wildman–Crippen MR) is 94.3 cm³/mol. The van der Waals surface area contributed by atoms with Crippen molar-refractivity contribution in [2.75, 3.05) is 31.6 Å². The average molecular weight is 333 g/mol. The van der Waals surface area contributed by atoms with Gasteiger partial charge in [0.2, 0.25) is 0 Å². The van der Waals surface area contributed by atoms with Crippen LogP contribution in [0.3, 0.4) is 0 Å². The second-order valence-electron chi connectivity index (χ2n) is 6.00. The van der Waals surface area contributed by atoms with E-state index in [1.165, 1.54) is 6.42 Å². The zero-order valence-electron chi connectivity index (χ0n) is 14.5. The molecule has 1 aliphatic heterocycles. The molecule has 1 atom stereocenters. The minimum atomic E-state index is -0.279. The summed E-state index contributed by atoms with van der Waals surface area (Å²) in [5, 5.41) is 5.45. The largest absolute Gasteiger partial charge is 0.380 e. The number of nitrogens with one attached hydrogen (secondary N) is 2. The number of rotatable bonds is 6. The predicted octanol–water partition coefficient (Wildman–Crippen LogP) is 2.86. The number of anilines is 1. The second kappa shape index (κ2) is 9.27. The van der Waals surface area contributed by atoms with Gasteiger partial charge in [-0.3, -0.25) is 4.79 Å². The number of hydrogen-bond donors (Lipinski definition) is 2. The molecule has 2 N–H and O–H groups in total. The van der Waals surface area contributed by atoms with Crippen LogP contribution in [0, 0.1) is 0 Å². The molecule has 0 aromatic heterocycles. The van der Waals surface area contributed by atoms with Crippen molar-refractivity contribution in [3.05, 3.63) is 29.8 Å². The number of hydrogen-bond acceptors (Lipinski definition) is 3. The molecule has 1 aromatic rings. The van der Waals surface area contributed by atoms with E-state index in [1.807, 2.05) is 11.8 Å².